The summed E-state index contributed by atoms with van der Waals surface area (Å²) in [7, 11) is -2.05. The van der Waals surface area contributed by atoms with Gasteiger partial charge in [0, 0.05) is 0 Å². The van der Waals surface area contributed by atoms with Crippen molar-refractivity contribution in [1.82, 2.24) is 9.97 Å². The molecular formula is C34H25N3O2SeSi. The third kappa shape index (κ3) is 3.17. The van der Waals surface area contributed by atoms with Crippen LogP contribution in [0.2, 0.25) is 13.1 Å². The van der Waals surface area contributed by atoms with Crippen molar-refractivity contribution in [3.05, 3.63) is 129 Å². The van der Waals surface area contributed by atoms with Crippen LogP contribution in [-0.2, 0) is 5.41 Å². The Hall–Kier alpha value is -4.16. The average molecular weight is 615 g/mol. The van der Waals surface area contributed by atoms with Crippen LogP contribution in [0.3, 0.4) is 0 Å². The van der Waals surface area contributed by atoms with Gasteiger partial charge in [-0.15, -0.1) is 0 Å². The molecule has 0 spiro atoms. The van der Waals surface area contributed by atoms with Crippen LogP contribution in [0.15, 0.2) is 97.0 Å². The van der Waals surface area contributed by atoms with E-state index in [-0.39, 0.29) is 31.6 Å². The minimum absolute atomic E-state index is 0.158. The van der Waals surface area contributed by atoms with Gasteiger partial charge in [0.05, 0.1) is 0 Å². The van der Waals surface area contributed by atoms with Gasteiger partial charge in [-0.3, -0.25) is 0 Å². The summed E-state index contributed by atoms with van der Waals surface area (Å²) in [4.78, 5) is 38.3. The number of nitrogens with zero attached hydrogens (tertiary/aromatic N) is 3. The summed E-state index contributed by atoms with van der Waals surface area (Å²) in [6.07, 6.45) is 7.46. The number of benzene rings is 2. The molecule has 2 aromatic carbocycles. The fourth-order valence-corrected chi connectivity index (χ4v) is 12.3. The normalized spacial score (nSPS) is 19.4. The maximum absolute atomic E-state index is 13.3. The fraction of sp³-hybridized carbons (Fsp3) is 0.118. The number of allylic oxidation sites excluding steroid dienone is 1. The number of rotatable bonds is 2. The van der Waals surface area contributed by atoms with Gasteiger partial charge in [0.2, 0.25) is 0 Å². The van der Waals surface area contributed by atoms with E-state index >= 15 is 0 Å². The first-order valence-corrected chi connectivity index (χ1v) is 18.4. The number of Topliss-reactive ketones (excluding diaryl/α,β-unsaturated/α-hetero) is 2. The van der Waals surface area contributed by atoms with Crippen molar-refractivity contribution in [1.29, 1.82) is 0 Å². The molecule has 3 aliphatic rings. The average Bonchev–Trinajstić information content (AvgIpc) is 3.53. The molecule has 0 N–H and O–H groups in total. The summed E-state index contributed by atoms with van der Waals surface area (Å²) in [6.45, 7) is 7.13. The number of anilines is 3. The van der Waals surface area contributed by atoms with Gasteiger partial charge in [-0.2, -0.15) is 0 Å². The summed E-state index contributed by atoms with van der Waals surface area (Å²) in [5, 5.41) is 2.73. The Morgan fingerprint density at radius 3 is 2.27 bits per heavy atom. The van der Waals surface area contributed by atoms with Crippen molar-refractivity contribution in [3.8, 4) is 0 Å². The van der Waals surface area contributed by atoms with Gasteiger partial charge in [-0.1, -0.05) is 0 Å². The Morgan fingerprint density at radius 1 is 0.829 bits per heavy atom. The third-order valence-electron chi connectivity index (χ3n) is 9.07. The zero-order chi connectivity index (χ0) is 28.1. The number of carbonyl (C=O) groups is 2. The molecule has 41 heavy (non-hydrogen) atoms. The summed E-state index contributed by atoms with van der Waals surface area (Å²) in [6, 6.07) is 24.6. The van der Waals surface area contributed by atoms with E-state index in [1.54, 1.807) is 12.1 Å². The predicted molar refractivity (Wildman–Crippen MR) is 165 cm³/mol. The number of carbonyl (C=O) groups excluding carboxylic acids is 2. The molecule has 5 heterocycles. The quantitative estimate of drug-likeness (QED) is 0.154. The molecule has 8 rings (SSSR count). The maximum atomic E-state index is 13.3. The summed E-state index contributed by atoms with van der Waals surface area (Å²) in [5.41, 5.74) is 5.66. The second-order valence-electron chi connectivity index (χ2n) is 11.5. The van der Waals surface area contributed by atoms with Crippen LogP contribution < -0.4 is 15.3 Å². The molecule has 1 atom stereocenters. The monoisotopic (exact) mass is 615 g/mol. The molecule has 2 aliphatic heterocycles. The van der Waals surface area contributed by atoms with Crippen LogP contribution in [0, 0.1) is 0 Å². The van der Waals surface area contributed by atoms with Crippen molar-refractivity contribution < 1.29 is 9.59 Å². The van der Waals surface area contributed by atoms with E-state index in [1.807, 2.05) is 42.9 Å². The van der Waals surface area contributed by atoms with Crippen LogP contribution >= 0.6 is 0 Å². The molecule has 0 saturated heterocycles. The van der Waals surface area contributed by atoms with Crippen molar-refractivity contribution in [2.45, 2.75) is 25.4 Å². The molecule has 5 nitrogen and oxygen atoms in total. The predicted octanol–water partition coefficient (Wildman–Crippen LogP) is 5.27. The third-order valence-corrected chi connectivity index (χ3v) is 14.8. The molecule has 0 radical (unpaired) electrons. The van der Waals surface area contributed by atoms with Crippen LogP contribution in [-0.4, -0.2) is 44.1 Å². The second kappa shape index (κ2) is 8.43. The van der Waals surface area contributed by atoms with Crippen molar-refractivity contribution >= 4 is 66.7 Å². The summed E-state index contributed by atoms with van der Waals surface area (Å²) < 4.78 is 2.23. The van der Waals surface area contributed by atoms with Crippen LogP contribution in [0.4, 0.5) is 16.1 Å². The standard InChI is InChI=1S/C34H25N3O2SeSi/c1-34(20-13-16-35-17-14-20)25-10-6-11-27-29(25)37(32-28(41(27,2)3)12-7-15-36-32)33-26(34)19-21(40-33)18-24-30(38)22-8-4-5-9-23(22)31(24)39/h4-19H,1-3H3. The van der Waals surface area contributed by atoms with Crippen LogP contribution in [0.25, 0.3) is 6.08 Å². The Bertz CT molecular complexity index is 1960. The van der Waals surface area contributed by atoms with Gasteiger partial charge in [-0.25, -0.2) is 0 Å². The molecule has 0 amide bonds. The van der Waals surface area contributed by atoms with Crippen molar-refractivity contribution in [2.24, 2.45) is 0 Å². The second-order valence-corrected chi connectivity index (χ2v) is 18.1. The number of ketones is 2. The minimum atomic E-state index is -2.05. The topological polar surface area (TPSA) is 63.2 Å². The van der Waals surface area contributed by atoms with Gasteiger partial charge in [0.15, 0.2) is 0 Å². The molecule has 0 bridgehead atoms. The Labute approximate surface area is 245 Å². The first-order valence-electron chi connectivity index (χ1n) is 13.7. The zero-order valence-electron chi connectivity index (χ0n) is 22.8. The molecule has 7 heteroatoms. The molecule has 5 aromatic rings. The SMILES string of the molecule is CC1(c2ccncc2)c2cc(C=C3C(=O)c4ccccc4C3=O)[se]c2N2c3ncccc3[Si](C)(C)c3cccc1c32. The molecule has 198 valence electrons. The van der Waals surface area contributed by atoms with Gasteiger partial charge >= 0.3 is 246 Å². The van der Waals surface area contributed by atoms with Crippen LogP contribution in [0.5, 0.6) is 0 Å². The van der Waals surface area contributed by atoms with Crippen LogP contribution in [0.1, 0.15) is 48.8 Å². The van der Waals surface area contributed by atoms with Crippen molar-refractivity contribution in [2.75, 3.05) is 4.90 Å². The molecule has 3 aromatic heterocycles. The number of pyridine rings is 2. The number of hydrogen-bond acceptors (Lipinski definition) is 5. The van der Waals surface area contributed by atoms with E-state index in [1.165, 1.54) is 37.3 Å². The molecule has 0 saturated carbocycles. The number of hydrogen-bond donors (Lipinski definition) is 0. The molecule has 1 aliphatic carbocycles. The van der Waals surface area contributed by atoms with E-state index < -0.39 is 13.5 Å². The van der Waals surface area contributed by atoms with E-state index in [9.17, 15) is 9.59 Å². The molecule has 1 unspecified atom stereocenters. The van der Waals surface area contributed by atoms with Gasteiger partial charge in [-0.05, 0) is 0 Å². The zero-order valence-corrected chi connectivity index (χ0v) is 25.5. The van der Waals surface area contributed by atoms with E-state index in [0.29, 0.717) is 11.1 Å². The van der Waals surface area contributed by atoms with Crippen molar-refractivity contribution in [3.63, 3.8) is 0 Å². The number of para-hydroxylation sites is 1. The summed E-state index contributed by atoms with van der Waals surface area (Å²) in [5.74, 6) is 0.637. The van der Waals surface area contributed by atoms with Gasteiger partial charge in [0.1, 0.15) is 0 Å². The Kier molecular flexibility index (Phi) is 5.06. The van der Waals surface area contributed by atoms with E-state index in [4.69, 9.17) is 4.98 Å². The Morgan fingerprint density at radius 2 is 1.54 bits per heavy atom. The van der Waals surface area contributed by atoms with E-state index in [2.05, 4.69) is 72.4 Å². The van der Waals surface area contributed by atoms with Gasteiger partial charge < -0.3 is 0 Å². The van der Waals surface area contributed by atoms with E-state index in [0.717, 1.165) is 10.3 Å². The first kappa shape index (κ1) is 24.6. The van der Waals surface area contributed by atoms with Gasteiger partial charge in [0.25, 0.3) is 0 Å². The fourth-order valence-electron chi connectivity index (χ4n) is 6.89. The Balaban J connectivity index is 1.42. The number of aromatic nitrogens is 2. The molecular weight excluding hydrogens is 589 g/mol. The first-order chi connectivity index (χ1) is 19.8. The number of fused-ring (bicyclic) bond motifs is 5. The molecule has 0 fully saturated rings. The summed E-state index contributed by atoms with van der Waals surface area (Å²) >= 11 is -0.158.